The molecule has 1 amide bonds. The number of ether oxygens (including phenoxy) is 2. The topological polar surface area (TPSA) is 67.8 Å². The fourth-order valence-corrected chi connectivity index (χ4v) is 1.39. The van der Waals surface area contributed by atoms with Gasteiger partial charge in [-0.15, -0.1) is 0 Å². The van der Waals surface area contributed by atoms with E-state index in [1.165, 1.54) is 7.11 Å². The lowest BCUT2D eigenvalue weighted by molar-refractivity contribution is -0.124. The highest BCUT2D eigenvalue weighted by Gasteiger charge is 2.11. The van der Waals surface area contributed by atoms with Crippen molar-refractivity contribution in [1.82, 2.24) is 5.32 Å². The second-order valence-corrected chi connectivity index (χ2v) is 4.00. The van der Waals surface area contributed by atoms with E-state index in [-0.39, 0.29) is 25.7 Å². The van der Waals surface area contributed by atoms with Crippen molar-refractivity contribution in [2.75, 3.05) is 26.9 Å². The Balaban J connectivity index is 2.34. The standard InChI is InChI=1S/C13H19NO4/c1-10-3-5-12(6-4-10)18-9-13(16)14-11(7-15)8-17-2/h3-6,11,15H,7-9H2,1-2H3,(H,14,16). The number of benzene rings is 1. The summed E-state index contributed by atoms with van der Waals surface area (Å²) in [6.07, 6.45) is 0. The Morgan fingerprint density at radius 2 is 2.06 bits per heavy atom. The van der Waals surface area contributed by atoms with Crippen molar-refractivity contribution < 1.29 is 19.4 Å². The van der Waals surface area contributed by atoms with Gasteiger partial charge >= 0.3 is 0 Å². The molecule has 2 N–H and O–H groups in total. The van der Waals surface area contributed by atoms with Gasteiger partial charge in [0.15, 0.2) is 6.61 Å². The van der Waals surface area contributed by atoms with Crippen LogP contribution in [-0.2, 0) is 9.53 Å². The number of aliphatic hydroxyl groups is 1. The molecule has 0 aliphatic rings. The summed E-state index contributed by atoms with van der Waals surface area (Å²) in [6, 6.07) is 7.04. The van der Waals surface area contributed by atoms with Gasteiger partial charge in [-0.05, 0) is 19.1 Å². The SMILES string of the molecule is COCC(CO)NC(=O)COc1ccc(C)cc1. The van der Waals surface area contributed by atoms with Gasteiger partial charge in [0.2, 0.25) is 0 Å². The van der Waals surface area contributed by atoms with Crippen LogP contribution in [0.25, 0.3) is 0 Å². The number of rotatable bonds is 7. The van der Waals surface area contributed by atoms with Crippen LogP contribution >= 0.6 is 0 Å². The van der Waals surface area contributed by atoms with E-state index in [9.17, 15) is 4.79 Å². The van der Waals surface area contributed by atoms with Gasteiger partial charge in [0.25, 0.3) is 5.91 Å². The Labute approximate surface area is 107 Å². The molecule has 1 unspecified atom stereocenters. The summed E-state index contributed by atoms with van der Waals surface area (Å²) in [5, 5.41) is 11.6. The average molecular weight is 253 g/mol. The fourth-order valence-electron chi connectivity index (χ4n) is 1.39. The van der Waals surface area contributed by atoms with Crippen molar-refractivity contribution in [2.45, 2.75) is 13.0 Å². The lowest BCUT2D eigenvalue weighted by Gasteiger charge is -2.15. The van der Waals surface area contributed by atoms with Gasteiger partial charge in [-0.3, -0.25) is 4.79 Å². The highest BCUT2D eigenvalue weighted by molar-refractivity contribution is 5.77. The summed E-state index contributed by atoms with van der Waals surface area (Å²) in [7, 11) is 1.51. The van der Waals surface area contributed by atoms with Gasteiger partial charge in [-0.1, -0.05) is 17.7 Å². The van der Waals surface area contributed by atoms with Gasteiger partial charge in [0.05, 0.1) is 19.3 Å². The van der Waals surface area contributed by atoms with E-state index in [4.69, 9.17) is 14.6 Å². The minimum Gasteiger partial charge on any atom is -0.484 e. The van der Waals surface area contributed by atoms with E-state index in [2.05, 4.69) is 5.32 Å². The molecular formula is C13H19NO4. The third-order valence-electron chi connectivity index (χ3n) is 2.34. The predicted octanol–water partition coefficient (Wildman–Crippen LogP) is 0.497. The zero-order valence-corrected chi connectivity index (χ0v) is 10.7. The first kappa shape index (κ1) is 14.5. The minimum absolute atomic E-state index is 0.0801. The molecule has 0 radical (unpaired) electrons. The summed E-state index contributed by atoms with van der Waals surface area (Å²) in [5.74, 6) is 0.356. The second-order valence-electron chi connectivity index (χ2n) is 4.00. The Morgan fingerprint density at radius 1 is 1.39 bits per heavy atom. The van der Waals surface area contributed by atoms with E-state index in [0.717, 1.165) is 5.56 Å². The molecule has 1 aromatic carbocycles. The van der Waals surface area contributed by atoms with Crippen molar-refractivity contribution >= 4 is 5.91 Å². The molecule has 0 aliphatic heterocycles. The first-order valence-corrected chi connectivity index (χ1v) is 5.74. The predicted molar refractivity (Wildman–Crippen MR) is 67.6 cm³/mol. The third-order valence-corrected chi connectivity index (χ3v) is 2.34. The molecule has 0 aromatic heterocycles. The van der Waals surface area contributed by atoms with Crippen molar-refractivity contribution in [3.8, 4) is 5.75 Å². The molecule has 0 spiro atoms. The number of amides is 1. The zero-order valence-electron chi connectivity index (χ0n) is 10.7. The third kappa shape index (κ3) is 5.16. The van der Waals surface area contributed by atoms with Crippen LogP contribution in [0.1, 0.15) is 5.56 Å². The van der Waals surface area contributed by atoms with E-state index < -0.39 is 6.04 Å². The Morgan fingerprint density at radius 3 is 2.61 bits per heavy atom. The number of hydrogen-bond acceptors (Lipinski definition) is 4. The van der Waals surface area contributed by atoms with Crippen LogP contribution in [0.3, 0.4) is 0 Å². The summed E-state index contributed by atoms with van der Waals surface area (Å²) in [4.78, 5) is 11.5. The van der Waals surface area contributed by atoms with Crippen LogP contribution in [0.15, 0.2) is 24.3 Å². The van der Waals surface area contributed by atoms with E-state index >= 15 is 0 Å². The second kappa shape index (κ2) is 7.68. The largest absolute Gasteiger partial charge is 0.484 e. The lowest BCUT2D eigenvalue weighted by Crippen LogP contribution is -2.42. The fraction of sp³-hybridized carbons (Fsp3) is 0.462. The van der Waals surface area contributed by atoms with E-state index in [1.54, 1.807) is 12.1 Å². The highest BCUT2D eigenvalue weighted by atomic mass is 16.5. The number of aryl methyl sites for hydroxylation is 1. The minimum atomic E-state index is -0.399. The van der Waals surface area contributed by atoms with Gasteiger partial charge in [-0.2, -0.15) is 0 Å². The molecule has 1 aromatic rings. The normalized spacial score (nSPS) is 11.9. The monoisotopic (exact) mass is 253 g/mol. The Kier molecular flexibility index (Phi) is 6.18. The molecule has 1 atom stereocenters. The molecule has 0 fully saturated rings. The molecule has 0 heterocycles. The first-order valence-electron chi connectivity index (χ1n) is 5.74. The number of carbonyl (C=O) groups is 1. The Bertz CT molecular complexity index is 364. The maximum Gasteiger partial charge on any atom is 0.258 e. The zero-order chi connectivity index (χ0) is 13.4. The molecular weight excluding hydrogens is 234 g/mol. The molecule has 0 saturated carbocycles. The van der Waals surface area contributed by atoms with Crippen LogP contribution in [-0.4, -0.2) is 44.0 Å². The van der Waals surface area contributed by atoms with Gasteiger partial charge < -0.3 is 19.9 Å². The smallest absolute Gasteiger partial charge is 0.258 e. The summed E-state index contributed by atoms with van der Waals surface area (Å²) >= 11 is 0. The van der Waals surface area contributed by atoms with Crippen LogP contribution in [0.5, 0.6) is 5.75 Å². The molecule has 5 heteroatoms. The van der Waals surface area contributed by atoms with E-state index in [0.29, 0.717) is 5.75 Å². The summed E-state index contributed by atoms with van der Waals surface area (Å²) < 4.78 is 10.2. The maximum atomic E-state index is 11.5. The molecule has 1 rings (SSSR count). The van der Waals surface area contributed by atoms with Gasteiger partial charge in [0, 0.05) is 7.11 Å². The number of nitrogens with one attached hydrogen (secondary N) is 1. The molecule has 0 aliphatic carbocycles. The summed E-state index contributed by atoms with van der Waals surface area (Å²) in [6.45, 7) is 2.01. The van der Waals surface area contributed by atoms with Crippen LogP contribution in [0, 0.1) is 6.92 Å². The number of carbonyl (C=O) groups excluding carboxylic acids is 1. The molecule has 0 bridgehead atoms. The summed E-state index contributed by atoms with van der Waals surface area (Å²) in [5.41, 5.74) is 1.13. The van der Waals surface area contributed by atoms with Crippen molar-refractivity contribution in [2.24, 2.45) is 0 Å². The van der Waals surface area contributed by atoms with Crippen molar-refractivity contribution in [3.05, 3.63) is 29.8 Å². The van der Waals surface area contributed by atoms with Crippen LogP contribution < -0.4 is 10.1 Å². The lowest BCUT2D eigenvalue weighted by atomic mass is 10.2. The maximum absolute atomic E-state index is 11.5. The Hall–Kier alpha value is -1.59. The number of methoxy groups -OCH3 is 1. The van der Waals surface area contributed by atoms with Gasteiger partial charge in [-0.25, -0.2) is 0 Å². The van der Waals surface area contributed by atoms with Crippen molar-refractivity contribution in [3.63, 3.8) is 0 Å². The van der Waals surface area contributed by atoms with Crippen LogP contribution in [0.4, 0.5) is 0 Å². The molecule has 18 heavy (non-hydrogen) atoms. The molecule has 100 valence electrons. The number of hydrogen-bond donors (Lipinski definition) is 2. The van der Waals surface area contributed by atoms with Crippen molar-refractivity contribution in [1.29, 1.82) is 0 Å². The quantitative estimate of drug-likeness (QED) is 0.742. The molecule has 5 nitrogen and oxygen atoms in total. The van der Waals surface area contributed by atoms with Crippen LogP contribution in [0.2, 0.25) is 0 Å². The van der Waals surface area contributed by atoms with E-state index in [1.807, 2.05) is 19.1 Å². The van der Waals surface area contributed by atoms with Gasteiger partial charge in [0.1, 0.15) is 5.75 Å². The average Bonchev–Trinajstić information content (AvgIpc) is 2.37. The first-order chi connectivity index (χ1) is 8.65. The highest BCUT2D eigenvalue weighted by Crippen LogP contribution is 2.10. The number of aliphatic hydroxyl groups excluding tert-OH is 1. The molecule has 0 saturated heterocycles.